The third-order valence-electron chi connectivity index (χ3n) is 3.57. The summed E-state index contributed by atoms with van der Waals surface area (Å²) in [5, 5.41) is 2.89. The third-order valence-corrected chi connectivity index (χ3v) is 3.57. The first kappa shape index (κ1) is 12.7. The number of nitrogens with one attached hydrogen (secondary N) is 2. The van der Waals surface area contributed by atoms with Crippen molar-refractivity contribution in [1.29, 1.82) is 0 Å². The van der Waals surface area contributed by atoms with Gasteiger partial charge in [0.05, 0.1) is 17.4 Å². The quantitative estimate of drug-likeness (QED) is 0.777. The van der Waals surface area contributed by atoms with Gasteiger partial charge in [0.25, 0.3) is 5.91 Å². The number of hydrogen-bond acceptors (Lipinski definition) is 4. The molecule has 0 spiro atoms. The average molecular weight is 295 g/mol. The Kier molecular flexibility index (Phi) is 2.93. The highest BCUT2D eigenvalue weighted by Gasteiger charge is 2.13. The van der Waals surface area contributed by atoms with Crippen LogP contribution in [0.25, 0.3) is 11.0 Å². The molecule has 4 rings (SSSR count). The first-order valence-corrected chi connectivity index (χ1v) is 6.89. The topological polar surface area (TPSA) is 76.2 Å². The Bertz CT molecular complexity index is 857. The number of aromatic amines is 1. The summed E-state index contributed by atoms with van der Waals surface area (Å²) in [7, 11) is 0. The van der Waals surface area contributed by atoms with E-state index in [1.165, 1.54) is 0 Å². The smallest absolute Gasteiger partial charge is 0.251 e. The predicted octanol–water partition coefficient (Wildman–Crippen LogP) is 2.22. The third kappa shape index (κ3) is 2.24. The Hall–Kier alpha value is -3.02. The standard InChI is InChI=1S/C16H13N3O3/c20-16(11-2-3-12-13(6-11)19-8-18-12)17-7-10-1-4-14-15(5-10)22-9-21-14/h1-6,8H,7,9H2,(H,17,20)(H,18,19). The number of carbonyl (C=O) groups is 1. The molecule has 6 nitrogen and oxygen atoms in total. The van der Waals surface area contributed by atoms with Crippen molar-refractivity contribution < 1.29 is 14.3 Å². The summed E-state index contributed by atoms with van der Waals surface area (Å²) in [6, 6.07) is 11.0. The minimum absolute atomic E-state index is 0.130. The summed E-state index contributed by atoms with van der Waals surface area (Å²) in [4.78, 5) is 19.3. The van der Waals surface area contributed by atoms with Crippen molar-refractivity contribution >= 4 is 16.9 Å². The number of carbonyl (C=O) groups excluding carboxylic acids is 1. The van der Waals surface area contributed by atoms with E-state index in [9.17, 15) is 4.79 Å². The van der Waals surface area contributed by atoms with Crippen LogP contribution in [0.4, 0.5) is 0 Å². The summed E-state index contributed by atoms with van der Waals surface area (Å²) in [5.41, 5.74) is 3.24. The number of hydrogen-bond donors (Lipinski definition) is 2. The molecule has 1 amide bonds. The van der Waals surface area contributed by atoms with E-state index < -0.39 is 0 Å². The molecule has 2 aromatic carbocycles. The minimum Gasteiger partial charge on any atom is -0.454 e. The maximum Gasteiger partial charge on any atom is 0.251 e. The Labute approximate surface area is 126 Å². The normalized spacial score (nSPS) is 12.5. The van der Waals surface area contributed by atoms with Gasteiger partial charge in [0, 0.05) is 12.1 Å². The Balaban J connectivity index is 1.47. The number of ether oxygens (including phenoxy) is 2. The van der Waals surface area contributed by atoms with Gasteiger partial charge in [-0.05, 0) is 35.9 Å². The van der Waals surface area contributed by atoms with E-state index in [1.807, 2.05) is 24.3 Å². The maximum absolute atomic E-state index is 12.2. The molecule has 6 heteroatoms. The van der Waals surface area contributed by atoms with Crippen molar-refractivity contribution in [3.63, 3.8) is 0 Å². The molecule has 1 aliphatic heterocycles. The molecule has 0 fully saturated rings. The molecule has 1 aliphatic rings. The molecular weight excluding hydrogens is 282 g/mol. The lowest BCUT2D eigenvalue weighted by atomic mass is 10.1. The second-order valence-electron chi connectivity index (χ2n) is 5.00. The number of amides is 1. The fraction of sp³-hybridized carbons (Fsp3) is 0.125. The van der Waals surface area contributed by atoms with Crippen LogP contribution in [0.1, 0.15) is 15.9 Å². The highest BCUT2D eigenvalue weighted by Crippen LogP contribution is 2.32. The van der Waals surface area contributed by atoms with Crippen LogP contribution < -0.4 is 14.8 Å². The Morgan fingerprint density at radius 3 is 3.05 bits per heavy atom. The predicted molar refractivity (Wildman–Crippen MR) is 79.8 cm³/mol. The number of imidazole rings is 1. The number of aromatic nitrogens is 2. The van der Waals surface area contributed by atoms with E-state index in [-0.39, 0.29) is 12.7 Å². The van der Waals surface area contributed by atoms with Crippen LogP contribution in [0.5, 0.6) is 11.5 Å². The van der Waals surface area contributed by atoms with Crippen LogP contribution in [0.3, 0.4) is 0 Å². The zero-order valence-corrected chi connectivity index (χ0v) is 11.6. The van der Waals surface area contributed by atoms with E-state index in [4.69, 9.17) is 9.47 Å². The van der Waals surface area contributed by atoms with Gasteiger partial charge < -0.3 is 19.8 Å². The zero-order valence-electron chi connectivity index (χ0n) is 11.6. The number of nitrogens with zero attached hydrogens (tertiary/aromatic N) is 1. The molecule has 2 heterocycles. The first-order valence-electron chi connectivity index (χ1n) is 6.89. The highest BCUT2D eigenvalue weighted by atomic mass is 16.7. The molecule has 0 saturated carbocycles. The number of fused-ring (bicyclic) bond motifs is 2. The summed E-state index contributed by atoms with van der Waals surface area (Å²) < 4.78 is 10.6. The van der Waals surface area contributed by atoms with Gasteiger partial charge >= 0.3 is 0 Å². The van der Waals surface area contributed by atoms with E-state index >= 15 is 0 Å². The van der Waals surface area contributed by atoms with E-state index in [0.29, 0.717) is 17.9 Å². The second-order valence-corrected chi connectivity index (χ2v) is 5.00. The molecule has 0 atom stereocenters. The molecule has 3 aromatic rings. The van der Waals surface area contributed by atoms with Crippen molar-refractivity contribution in [2.45, 2.75) is 6.54 Å². The lowest BCUT2D eigenvalue weighted by molar-refractivity contribution is 0.0951. The van der Waals surface area contributed by atoms with Gasteiger partial charge in [0.2, 0.25) is 6.79 Å². The fourth-order valence-electron chi connectivity index (χ4n) is 2.41. The monoisotopic (exact) mass is 295 g/mol. The van der Waals surface area contributed by atoms with Crippen LogP contribution in [0, 0.1) is 0 Å². The summed E-state index contributed by atoms with van der Waals surface area (Å²) >= 11 is 0. The molecular formula is C16H13N3O3. The summed E-state index contributed by atoms with van der Waals surface area (Å²) in [5.74, 6) is 1.32. The molecule has 0 unspecified atom stereocenters. The summed E-state index contributed by atoms with van der Waals surface area (Å²) in [6.07, 6.45) is 1.61. The molecule has 0 bridgehead atoms. The van der Waals surface area contributed by atoms with E-state index in [2.05, 4.69) is 15.3 Å². The molecule has 110 valence electrons. The van der Waals surface area contributed by atoms with Gasteiger partial charge in [-0.2, -0.15) is 0 Å². The molecule has 0 saturated heterocycles. The van der Waals surface area contributed by atoms with Crippen molar-refractivity contribution in [1.82, 2.24) is 15.3 Å². The Morgan fingerprint density at radius 1 is 1.18 bits per heavy atom. The number of H-pyrrole nitrogens is 1. The molecule has 2 N–H and O–H groups in total. The number of rotatable bonds is 3. The average Bonchev–Trinajstić information content (AvgIpc) is 3.19. The zero-order chi connectivity index (χ0) is 14.9. The van der Waals surface area contributed by atoms with E-state index in [1.54, 1.807) is 18.5 Å². The van der Waals surface area contributed by atoms with Crippen LogP contribution in [-0.4, -0.2) is 22.7 Å². The van der Waals surface area contributed by atoms with E-state index in [0.717, 1.165) is 22.3 Å². The summed E-state index contributed by atoms with van der Waals surface area (Å²) in [6.45, 7) is 0.672. The van der Waals surface area contributed by atoms with Crippen LogP contribution in [-0.2, 0) is 6.54 Å². The first-order chi connectivity index (χ1) is 10.8. The van der Waals surface area contributed by atoms with Crippen LogP contribution >= 0.6 is 0 Å². The number of benzene rings is 2. The van der Waals surface area contributed by atoms with Gasteiger partial charge in [0.1, 0.15) is 0 Å². The van der Waals surface area contributed by atoms with Crippen molar-refractivity contribution in [3.8, 4) is 11.5 Å². The lowest BCUT2D eigenvalue weighted by Crippen LogP contribution is -2.22. The van der Waals surface area contributed by atoms with Gasteiger partial charge in [-0.1, -0.05) is 6.07 Å². The van der Waals surface area contributed by atoms with Crippen LogP contribution in [0.2, 0.25) is 0 Å². The molecule has 22 heavy (non-hydrogen) atoms. The SMILES string of the molecule is O=C(NCc1ccc2c(c1)OCO2)c1ccc2nc[nH]c2c1. The van der Waals surface area contributed by atoms with Crippen molar-refractivity contribution in [3.05, 3.63) is 53.9 Å². The van der Waals surface area contributed by atoms with Gasteiger partial charge in [-0.15, -0.1) is 0 Å². The molecule has 1 aromatic heterocycles. The lowest BCUT2D eigenvalue weighted by Gasteiger charge is -2.06. The van der Waals surface area contributed by atoms with Gasteiger partial charge in [0.15, 0.2) is 11.5 Å². The highest BCUT2D eigenvalue weighted by molar-refractivity contribution is 5.97. The maximum atomic E-state index is 12.2. The van der Waals surface area contributed by atoms with Crippen LogP contribution in [0.15, 0.2) is 42.7 Å². The Morgan fingerprint density at radius 2 is 2.09 bits per heavy atom. The van der Waals surface area contributed by atoms with Crippen molar-refractivity contribution in [2.75, 3.05) is 6.79 Å². The molecule has 0 aliphatic carbocycles. The minimum atomic E-state index is -0.130. The largest absolute Gasteiger partial charge is 0.454 e. The molecule has 0 radical (unpaired) electrons. The van der Waals surface area contributed by atoms with Gasteiger partial charge in [-0.25, -0.2) is 4.98 Å². The van der Waals surface area contributed by atoms with Crippen molar-refractivity contribution in [2.24, 2.45) is 0 Å². The fourth-order valence-corrected chi connectivity index (χ4v) is 2.41. The van der Waals surface area contributed by atoms with Gasteiger partial charge in [-0.3, -0.25) is 4.79 Å². The second kappa shape index (κ2) is 5.07.